The minimum Gasteiger partial charge on any atom is -0.497 e. The average Bonchev–Trinajstić information content (AvgIpc) is 2.81. The Morgan fingerprint density at radius 3 is 2.69 bits per heavy atom. The van der Waals surface area contributed by atoms with Crippen molar-refractivity contribution < 1.29 is 14.6 Å². The maximum Gasteiger partial charge on any atom is 0.194 e. The SMILES string of the molecule is CCNC(=NCC(O)CN1CCc2ccccc2C1)N(C)Cc1ccc(OC)cc1OC. The van der Waals surface area contributed by atoms with E-state index in [2.05, 4.69) is 34.5 Å². The van der Waals surface area contributed by atoms with Gasteiger partial charge in [-0.3, -0.25) is 9.89 Å². The van der Waals surface area contributed by atoms with Crippen LogP contribution in [0.15, 0.2) is 47.5 Å². The molecule has 3 rings (SSSR count). The monoisotopic (exact) mass is 440 g/mol. The molecule has 0 radical (unpaired) electrons. The molecule has 2 aromatic rings. The third-order valence-electron chi connectivity index (χ3n) is 5.73. The average molecular weight is 441 g/mol. The van der Waals surface area contributed by atoms with Crippen LogP contribution < -0.4 is 14.8 Å². The standard InChI is InChI=1S/C25H36N4O3/c1-5-26-25(28(2)16-21-10-11-23(31-3)14-24(21)32-4)27-15-22(30)18-29-13-12-19-8-6-7-9-20(19)17-29/h6-11,14,22,30H,5,12-13,15-18H2,1-4H3,(H,26,27). The number of β-amino-alcohol motifs (C(OH)–C–C–N with tert-alkyl or cyclic N) is 1. The number of ether oxygens (including phenoxy) is 2. The van der Waals surface area contributed by atoms with Crippen LogP contribution in [0.1, 0.15) is 23.6 Å². The first kappa shape index (κ1) is 23.9. The van der Waals surface area contributed by atoms with Crippen LogP contribution in [0.5, 0.6) is 11.5 Å². The number of rotatable bonds is 9. The molecule has 0 saturated carbocycles. The highest BCUT2D eigenvalue weighted by molar-refractivity contribution is 5.79. The molecule has 2 aromatic carbocycles. The van der Waals surface area contributed by atoms with Crippen LogP contribution in [0.3, 0.4) is 0 Å². The van der Waals surface area contributed by atoms with Gasteiger partial charge in [0.2, 0.25) is 0 Å². The van der Waals surface area contributed by atoms with Crippen LogP contribution >= 0.6 is 0 Å². The Balaban J connectivity index is 1.59. The van der Waals surface area contributed by atoms with Crippen LogP contribution in [0, 0.1) is 0 Å². The van der Waals surface area contributed by atoms with E-state index in [0.29, 0.717) is 19.6 Å². The number of hydrogen-bond donors (Lipinski definition) is 2. The normalized spacial score (nSPS) is 15.1. The molecular weight excluding hydrogens is 404 g/mol. The van der Waals surface area contributed by atoms with Gasteiger partial charge in [-0.25, -0.2) is 0 Å². The molecule has 0 bridgehead atoms. The van der Waals surface area contributed by atoms with Crippen LogP contribution in [-0.4, -0.2) is 74.4 Å². The molecule has 2 N–H and O–H groups in total. The first-order valence-electron chi connectivity index (χ1n) is 11.2. The van der Waals surface area contributed by atoms with E-state index in [1.54, 1.807) is 14.2 Å². The molecule has 0 fully saturated rings. The van der Waals surface area contributed by atoms with Crippen molar-refractivity contribution in [1.82, 2.24) is 15.1 Å². The minimum atomic E-state index is -0.516. The Bertz CT molecular complexity index is 903. The summed E-state index contributed by atoms with van der Waals surface area (Å²) in [5.41, 5.74) is 3.81. The van der Waals surface area contributed by atoms with Gasteiger partial charge in [-0.15, -0.1) is 0 Å². The molecule has 1 aliphatic heterocycles. The molecule has 32 heavy (non-hydrogen) atoms. The first-order valence-corrected chi connectivity index (χ1v) is 11.2. The first-order chi connectivity index (χ1) is 15.5. The van der Waals surface area contributed by atoms with Gasteiger partial charge in [0.05, 0.1) is 26.9 Å². The molecule has 0 aromatic heterocycles. The highest BCUT2D eigenvalue weighted by atomic mass is 16.5. The largest absolute Gasteiger partial charge is 0.497 e. The molecule has 174 valence electrons. The van der Waals surface area contributed by atoms with Gasteiger partial charge in [-0.2, -0.15) is 0 Å². The molecule has 0 saturated heterocycles. The van der Waals surface area contributed by atoms with Gasteiger partial charge >= 0.3 is 0 Å². The molecule has 1 heterocycles. The van der Waals surface area contributed by atoms with Gasteiger partial charge in [-0.1, -0.05) is 24.3 Å². The number of aliphatic hydroxyl groups excluding tert-OH is 1. The quantitative estimate of drug-likeness (QED) is 0.461. The van der Waals surface area contributed by atoms with E-state index in [1.807, 2.05) is 37.1 Å². The second-order valence-electron chi connectivity index (χ2n) is 8.14. The van der Waals surface area contributed by atoms with E-state index in [9.17, 15) is 5.11 Å². The van der Waals surface area contributed by atoms with Gasteiger partial charge in [0.15, 0.2) is 5.96 Å². The molecule has 0 amide bonds. The summed E-state index contributed by atoms with van der Waals surface area (Å²) in [6.45, 7) is 6.24. The summed E-state index contributed by atoms with van der Waals surface area (Å²) in [6.07, 6.45) is 0.513. The number of fused-ring (bicyclic) bond motifs is 1. The zero-order valence-electron chi connectivity index (χ0n) is 19.7. The second kappa shape index (κ2) is 11.7. The zero-order chi connectivity index (χ0) is 22.9. The summed E-state index contributed by atoms with van der Waals surface area (Å²) in [5, 5.41) is 14.0. The maximum absolute atomic E-state index is 10.6. The number of nitrogens with zero attached hydrogens (tertiary/aromatic N) is 3. The Kier molecular flexibility index (Phi) is 8.76. The van der Waals surface area contributed by atoms with Gasteiger partial charge in [0.1, 0.15) is 11.5 Å². The highest BCUT2D eigenvalue weighted by Crippen LogP contribution is 2.25. The van der Waals surface area contributed by atoms with Crippen molar-refractivity contribution in [3.8, 4) is 11.5 Å². The van der Waals surface area contributed by atoms with Gasteiger partial charge < -0.3 is 24.8 Å². The van der Waals surface area contributed by atoms with Crippen molar-refractivity contribution in [2.24, 2.45) is 4.99 Å². The van der Waals surface area contributed by atoms with E-state index in [1.165, 1.54) is 11.1 Å². The van der Waals surface area contributed by atoms with Crippen molar-refractivity contribution in [2.45, 2.75) is 32.5 Å². The predicted octanol–water partition coefficient (Wildman–Crippen LogP) is 2.52. The third kappa shape index (κ3) is 6.37. The van der Waals surface area contributed by atoms with Crippen LogP contribution in [0.4, 0.5) is 0 Å². The summed E-state index contributed by atoms with van der Waals surface area (Å²) < 4.78 is 10.8. The molecular formula is C25H36N4O3. The lowest BCUT2D eigenvalue weighted by Gasteiger charge is -2.30. The van der Waals surface area contributed by atoms with E-state index in [-0.39, 0.29) is 0 Å². The molecule has 1 unspecified atom stereocenters. The lowest BCUT2D eigenvalue weighted by atomic mass is 10.00. The Hall–Kier alpha value is -2.77. The smallest absolute Gasteiger partial charge is 0.194 e. The molecule has 0 aliphatic carbocycles. The Morgan fingerprint density at radius 1 is 1.19 bits per heavy atom. The van der Waals surface area contributed by atoms with E-state index >= 15 is 0 Å². The summed E-state index contributed by atoms with van der Waals surface area (Å²) in [6, 6.07) is 14.4. The van der Waals surface area contributed by atoms with Gasteiger partial charge in [0, 0.05) is 51.4 Å². The van der Waals surface area contributed by atoms with Crippen molar-refractivity contribution in [2.75, 3.05) is 47.4 Å². The van der Waals surface area contributed by atoms with Crippen LogP contribution in [0.2, 0.25) is 0 Å². The topological polar surface area (TPSA) is 69.6 Å². The molecule has 1 aliphatic rings. The fourth-order valence-electron chi connectivity index (χ4n) is 4.04. The van der Waals surface area contributed by atoms with Crippen molar-refractivity contribution in [3.63, 3.8) is 0 Å². The van der Waals surface area contributed by atoms with Crippen LogP contribution in [0.25, 0.3) is 0 Å². The number of nitrogens with one attached hydrogen (secondary N) is 1. The number of methoxy groups -OCH3 is 2. The third-order valence-corrected chi connectivity index (χ3v) is 5.73. The number of benzene rings is 2. The summed E-state index contributed by atoms with van der Waals surface area (Å²) >= 11 is 0. The van der Waals surface area contributed by atoms with E-state index < -0.39 is 6.10 Å². The van der Waals surface area contributed by atoms with Gasteiger partial charge in [-0.05, 0) is 36.6 Å². The summed E-state index contributed by atoms with van der Waals surface area (Å²) in [4.78, 5) is 9.04. The molecule has 7 nitrogen and oxygen atoms in total. The number of guanidine groups is 1. The lowest BCUT2D eigenvalue weighted by molar-refractivity contribution is 0.111. The number of hydrogen-bond acceptors (Lipinski definition) is 5. The number of aliphatic hydroxyl groups is 1. The summed E-state index contributed by atoms with van der Waals surface area (Å²) in [5.74, 6) is 2.29. The highest BCUT2D eigenvalue weighted by Gasteiger charge is 2.19. The van der Waals surface area contributed by atoms with Crippen molar-refractivity contribution in [1.29, 1.82) is 0 Å². The fraction of sp³-hybridized carbons (Fsp3) is 0.480. The lowest BCUT2D eigenvalue weighted by Crippen LogP contribution is -2.41. The number of aliphatic imine (C=N–C) groups is 1. The fourth-order valence-corrected chi connectivity index (χ4v) is 4.04. The van der Waals surface area contributed by atoms with Crippen LogP contribution in [-0.2, 0) is 19.5 Å². The second-order valence-corrected chi connectivity index (χ2v) is 8.14. The Morgan fingerprint density at radius 2 is 1.97 bits per heavy atom. The molecule has 0 spiro atoms. The van der Waals surface area contributed by atoms with Gasteiger partial charge in [0.25, 0.3) is 0 Å². The summed E-state index contributed by atoms with van der Waals surface area (Å²) in [7, 11) is 5.29. The predicted molar refractivity (Wildman–Crippen MR) is 128 cm³/mol. The molecule has 7 heteroatoms. The van der Waals surface area contributed by atoms with Crippen molar-refractivity contribution in [3.05, 3.63) is 59.2 Å². The van der Waals surface area contributed by atoms with E-state index in [0.717, 1.165) is 49.1 Å². The molecule has 1 atom stereocenters. The minimum absolute atomic E-state index is 0.352. The Labute approximate surface area is 191 Å². The van der Waals surface area contributed by atoms with E-state index in [4.69, 9.17) is 14.5 Å². The zero-order valence-corrected chi connectivity index (χ0v) is 19.7. The maximum atomic E-state index is 10.6. The van der Waals surface area contributed by atoms with Crippen molar-refractivity contribution >= 4 is 5.96 Å².